The Balaban J connectivity index is 2.25. The van der Waals surface area contributed by atoms with E-state index in [0.29, 0.717) is 0 Å². The van der Waals surface area contributed by atoms with E-state index in [0.717, 1.165) is 31.1 Å². The smallest absolute Gasteiger partial charge is 0.123 e. The Morgan fingerprint density at radius 3 is 2.68 bits per heavy atom. The predicted octanol–water partition coefficient (Wildman–Crippen LogP) is 3.73. The van der Waals surface area contributed by atoms with Crippen molar-refractivity contribution in [3.63, 3.8) is 0 Å². The lowest BCUT2D eigenvalue weighted by Gasteiger charge is -2.28. The second kappa shape index (κ2) is 6.38. The summed E-state index contributed by atoms with van der Waals surface area (Å²) in [6, 6.07) is 5.37. The van der Waals surface area contributed by atoms with Crippen LogP contribution in [0, 0.1) is 11.7 Å². The minimum Gasteiger partial charge on any atom is -0.371 e. The van der Waals surface area contributed by atoms with Gasteiger partial charge in [-0.15, -0.1) is 0 Å². The van der Waals surface area contributed by atoms with Gasteiger partial charge >= 0.3 is 0 Å². The molecule has 1 aromatic rings. The molecule has 0 heterocycles. The van der Waals surface area contributed by atoms with Gasteiger partial charge in [-0.1, -0.05) is 6.92 Å². The Morgan fingerprint density at radius 1 is 1.37 bits per heavy atom. The van der Waals surface area contributed by atoms with Crippen molar-refractivity contribution in [3.05, 3.63) is 29.6 Å². The average Bonchev–Trinajstić information content (AvgIpc) is 3.20. The number of benzene rings is 1. The molecule has 106 valence electrons. The number of hydrogen-bond donors (Lipinski definition) is 1. The molecule has 2 nitrogen and oxygen atoms in total. The second-order valence-electron chi connectivity index (χ2n) is 5.46. The predicted molar refractivity (Wildman–Crippen MR) is 79.1 cm³/mol. The highest BCUT2D eigenvalue weighted by Crippen LogP contribution is 2.34. The molecule has 3 heteroatoms. The molecule has 0 amide bonds. The van der Waals surface area contributed by atoms with Crippen LogP contribution in [0.3, 0.4) is 0 Å². The van der Waals surface area contributed by atoms with Crippen molar-refractivity contribution in [1.29, 1.82) is 0 Å². The van der Waals surface area contributed by atoms with E-state index in [1.54, 1.807) is 12.1 Å². The van der Waals surface area contributed by atoms with E-state index in [9.17, 15) is 4.39 Å². The van der Waals surface area contributed by atoms with Crippen molar-refractivity contribution in [2.75, 3.05) is 24.5 Å². The number of nitrogens with zero attached hydrogens (tertiary/aromatic N) is 1. The normalized spacial score (nSPS) is 16.4. The van der Waals surface area contributed by atoms with Crippen molar-refractivity contribution in [2.24, 2.45) is 5.92 Å². The third-order valence-corrected chi connectivity index (χ3v) is 3.86. The molecule has 1 atom stereocenters. The molecule has 1 aliphatic carbocycles. The number of rotatable bonds is 7. The van der Waals surface area contributed by atoms with Crippen molar-refractivity contribution in [2.45, 2.75) is 39.7 Å². The lowest BCUT2D eigenvalue weighted by molar-refractivity contribution is 0.579. The summed E-state index contributed by atoms with van der Waals surface area (Å²) in [5, 5.41) is 3.38. The maximum Gasteiger partial charge on any atom is 0.123 e. The van der Waals surface area contributed by atoms with Gasteiger partial charge in [0, 0.05) is 24.8 Å². The third kappa shape index (κ3) is 3.69. The Kier molecular flexibility index (Phi) is 4.81. The lowest BCUT2D eigenvalue weighted by Crippen LogP contribution is -2.28. The third-order valence-electron chi connectivity index (χ3n) is 3.86. The molecular formula is C16H25FN2. The van der Waals surface area contributed by atoms with Gasteiger partial charge in [0.25, 0.3) is 0 Å². The SMILES string of the molecule is CCNC(C)c1cc(F)ccc1N(CC)CC1CC1. The van der Waals surface area contributed by atoms with Crippen LogP contribution in [-0.4, -0.2) is 19.6 Å². The zero-order valence-corrected chi connectivity index (χ0v) is 12.2. The van der Waals surface area contributed by atoms with E-state index in [2.05, 4.69) is 31.0 Å². The van der Waals surface area contributed by atoms with Crippen molar-refractivity contribution >= 4 is 5.69 Å². The molecule has 19 heavy (non-hydrogen) atoms. The van der Waals surface area contributed by atoms with E-state index < -0.39 is 0 Å². The van der Waals surface area contributed by atoms with Crippen LogP contribution in [0.15, 0.2) is 18.2 Å². The standard InChI is InChI=1S/C16H25FN2/c1-4-18-12(3)15-10-14(17)8-9-16(15)19(5-2)11-13-6-7-13/h8-10,12-13,18H,4-7,11H2,1-3H3. The zero-order chi connectivity index (χ0) is 13.8. The Morgan fingerprint density at radius 2 is 2.11 bits per heavy atom. The van der Waals surface area contributed by atoms with Crippen molar-refractivity contribution in [3.8, 4) is 0 Å². The molecule has 0 spiro atoms. The largest absolute Gasteiger partial charge is 0.371 e. The topological polar surface area (TPSA) is 15.3 Å². The van der Waals surface area contributed by atoms with Crippen molar-refractivity contribution in [1.82, 2.24) is 5.32 Å². The molecule has 0 radical (unpaired) electrons. The highest BCUT2D eigenvalue weighted by Gasteiger charge is 2.25. The maximum atomic E-state index is 13.5. The van der Waals surface area contributed by atoms with Gasteiger partial charge in [-0.05, 0) is 62.9 Å². The van der Waals surface area contributed by atoms with Gasteiger partial charge in [0.2, 0.25) is 0 Å². The summed E-state index contributed by atoms with van der Waals surface area (Å²) < 4.78 is 13.5. The maximum absolute atomic E-state index is 13.5. The molecule has 0 saturated heterocycles. The van der Waals surface area contributed by atoms with Crippen LogP contribution in [0.4, 0.5) is 10.1 Å². The van der Waals surface area contributed by atoms with E-state index >= 15 is 0 Å². The van der Waals surface area contributed by atoms with Crippen LogP contribution < -0.4 is 10.2 Å². The van der Waals surface area contributed by atoms with Gasteiger partial charge in [-0.3, -0.25) is 0 Å². The molecule has 0 aromatic heterocycles. The summed E-state index contributed by atoms with van der Waals surface area (Å²) >= 11 is 0. The van der Waals surface area contributed by atoms with E-state index in [4.69, 9.17) is 0 Å². The molecule has 0 bridgehead atoms. The van der Waals surface area contributed by atoms with Crippen LogP contribution in [0.1, 0.15) is 45.2 Å². The summed E-state index contributed by atoms with van der Waals surface area (Å²) in [5.41, 5.74) is 2.26. The number of nitrogens with one attached hydrogen (secondary N) is 1. The second-order valence-corrected chi connectivity index (χ2v) is 5.46. The van der Waals surface area contributed by atoms with Crippen LogP contribution in [0.2, 0.25) is 0 Å². The fraction of sp³-hybridized carbons (Fsp3) is 0.625. The first-order valence-electron chi connectivity index (χ1n) is 7.43. The number of halogens is 1. The zero-order valence-electron chi connectivity index (χ0n) is 12.2. The highest BCUT2D eigenvalue weighted by atomic mass is 19.1. The first kappa shape index (κ1) is 14.3. The summed E-state index contributed by atoms with van der Waals surface area (Å²) in [5.74, 6) is 0.693. The summed E-state index contributed by atoms with van der Waals surface area (Å²) in [6.45, 7) is 9.34. The molecule has 1 aromatic carbocycles. The molecule has 1 unspecified atom stereocenters. The minimum absolute atomic E-state index is 0.147. The van der Waals surface area contributed by atoms with Gasteiger partial charge in [0.15, 0.2) is 0 Å². The van der Waals surface area contributed by atoms with Crippen LogP contribution in [0.25, 0.3) is 0 Å². The lowest BCUT2D eigenvalue weighted by atomic mass is 10.0. The summed E-state index contributed by atoms with van der Waals surface area (Å²) in [6.07, 6.45) is 2.69. The van der Waals surface area contributed by atoms with E-state index in [-0.39, 0.29) is 11.9 Å². The van der Waals surface area contributed by atoms with Crippen LogP contribution in [-0.2, 0) is 0 Å². The van der Waals surface area contributed by atoms with Gasteiger partial charge in [0.05, 0.1) is 0 Å². The first-order valence-corrected chi connectivity index (χ1v) is 7.43. The number of hydrogen-bond acceptors (Lipinski definition) is 2. The van der Waals surface area contributed by atoms with Crippen LogP contribution >= 0.6 is 0 Å². The monoisotopic (exact) mass is 264 g/mol. The Hall–Kier alpha value is -1.09. The van der Waals surface area contributed by atoms with Crippen LogP contribution in [0.5, 0.6) is 0 Å². The van der Waals surface area contributed by atoms with Gasteiger partial charge in [-0.2, -0.15) is 0 Å². The van der Waals surface area contributed by atoms with Gasteiger partial charge in [0.1, 0.15) is 5.82 Å². The number of anilines is 1. The van der Waals surface area contributed by atoms with Gasteiger partial charge < -0.3 is 10.2 Å². The molecule has 0 aliphatic heterocycles. The first-order chi connectivity index (χ1) is 9.15. The quantitative estimate of drug-likeness (QED) is 0.807. The molecule has 1 saturated carbocycles. The molecular weight excluding hydrogens is 239 g/mol. The summed E-state index contributed by atoms with van der Waals surface area (Å²) in [4.78, 5) is 2.39. The Bertz CT molecular complexity index is 415. The Labute approximate surface area is 116 Å². The fourth-order valence-electron chi connectivity index (χ4n) is 2.59. The highest BCUT2D eigenvalue weighted by molar-refractivity contribution is 5.55. The van der Waals surface area contributed by atoms with Gasteiger partial charge in [-0.25, -0.2) is 4.39 Å². The average molecular weight is 264 g/mol. The minimum atomic E-state index is -0.147. The fourth-order valence-corrected chi connectivity index (χ4v) is 2.59. The van der Waals surface area contributed by atoms with Crippen molar-refractivity contribution < 1.29 is 4.39 Å². The van der Waals surface area contributed by atoms with E-state index in [1.165, 1.54) is 18.5 Å². The summed E-state index contributed by atoms with van der Waals surface area (Å²) in [7, 11) is 0. The van der Waals surface area contributed by atoms with E-state index in [1.807, 2.05) is 6.07 Å². The molecule has 1 fully saturated rings. The molecule has 1 N–H and O–H groups in total. The molecule has 2 rings (SSSR count). The molecule has 1 aliphatic rings.